The predicted octanol–water partition coefficient (Wildman–Crippen LogP) is 2.72. The van der Waals surface area contributed by atoms with E-state index in [1.807, 2.05) is 0 Å². The van der Waals surface area contributed by atoms with Gasteiger partial charge < -0.3 is 0 Å². The van der Waals surface area contributed by atoms with Crippen molar-refractivity contribution in [2.45, 2.75) is 0 Å². The fourth-order valence-electron chi connectivity index (χ4n) is 0.890. The lowest BCUT2D eigenvalue weighted by Crippen LogP contribution is -1.79. The molecule has 0 radical (unpaired) electrons. The molecule has 0 aromatic carbocycles. The quantitative estimate of drug-likeness (QED) is 0.711. The van der Waals surface area contributed by atoms with Crippen molar-refractivity contribution in [2.24, 2.45) is 0 Å². The van der Waals surface area contributed by atoms with Gasteiger partial charge in [-0.3, -0.25) is 9.78 Å². The molecular weight excluding hydrogens is 231 g/mol. The lowest BCUT2D eigenvalue weighted by Gasteiger charge is -1.86. The van der Waals surface area contributed by atoms with E-state index in [1.165, 1.54) is 17.5 Å². The third-order valence-corrected chi connectivity index (χ3v) is 2.92. The Bertz CT molecular complexity index is 482. The van der Waals surface area contributed by atoms with Crippen LogP contribution in [0, 0.1) is 0 Å². The summed E-state index contributed by atoms with van der Waals surface area (Å²) in [5, 5.41) is -0.191. The highest BCUT2D eigenvalue weighted by Crippen LogP contribution is 2.24. The summed E-state index contributed by atoms with van der Waals surface area (Å²) in [7, 11) is 0. The lowest BCUT2D eigenvalue weighted by molar-refractivity contribution is 0.108. The van der Waals surface area contributed by atoms with Crippen molar-refractivity contribution in [1.29, 1.82) is 0 Å². The molecule has 6 heteroatoms. The fraction of sp³-hybridized carbons (Fsp3) is 0. The maximum atomic E-state index is 10.8. The van der Waals surface area contributed by atoms with Crippen LogP contribution >= 0.6 is 34.5 Å². The van der Waals surface area contributed by atoms with Crippen LogP contribution in [0.3, 0.4) is 0 Å². The summed E-state index contributed by atoms with van der Waals surface area (Å²) in [6.07, 6.45) is 1.43. The number of hydrogen-bond acceptors (Lipinski definition) is 4. The number of thiophene rings is 1. The van der Waals surface area contributed by atoms with Crippen LogP contribution in [-0.2, 0) is 0 Å². The van der Waals surface area contributed by atoms with Gasteiger partial charge in [0.15, 0.2) is 0 Å². The maximum Gasteiger partial charge on any atom is 0.262 e. The van der Waals surface area contributed by atoms with Crippen molar-refractivity contribution >= 4 is 50.1 Å². The van der Waals surface area contributed by atoms with E-state index in [-0.39, 0.29) is 0 Å². The first kappa shape index (κ1) is 8.87. The van der Waals surface area contributed by atoms with Crippen LogP contribution in [0.5, 0.6) is 0 Å². The minimum Gasteiger partial charge on any atom is -0.275 e. The summed E-state index contributed by atoms with van der Waals surface area (Å²) in [6, 6.07) is 1.60. The summed E-state index contributed by atoms with van der Waals surface area (Å²) in [5.74, 6) is 0. The number of hydrogen-bond donors (Lipinski definition) is 0. The van der Waals surface area contributed by atoms with Gasteiger partial charge in [0.1, 0.15) is 15.5 Å². The number of aromatic nitrogens is 2. The second-order valence-corrected chi connectivity index (χ2v) is 4.03. The van der Waals surface area contributed by atoms with Gasteiger partial charge in [0, 0.05) is 0 Å². The van der Waals surface area contributed by atoms with Crippen LogP contribution in [0.25, 0.3) is 10.3 Å². The van der Waals surface area contributed by atoms with Gasteiger partial charge >= 0.3 is 0 Å². The van der Waals surface area contributed by atoms with E-state index in [9.17, 15) is 4.79 Å². The summed E-state index contributed by atoms with van der Waals surface area (Å²) >= 11 is 12.1. The molecule has 0 aliphatic rings. The summed E-state index contributed by atoms with van der Waals surface area (Å²) in [4.78, 5) is 19.8. The zero-order valence-electron chi connectivity index (χ0n) is 6.12. The smallest absolute Gasteiger partial charge is 0.262 e. The highest BCUT2D eigenvalue weighted by atomic mass is 35.5. The summed E-state index contributed by atoms with van der Waals surface area (Å²) < 4.78 is 0. The van der Waals surface area contributed by atoms with Crippen molar-refractivity contribution in [3.63, 3.8) is 0 Å². The topological polar surface area (TPSA) is 42.9 Å². The van der Waals surface area contributed by atoms with Crippen molar-refractivity contribution in [3.8, 4) is 0 Å². The lowest BCUT2D eigenvalue weighted by atomic mass is 10.4. The molecule has 0 atom stereocenters. The highest BCUT2D eigenvalue weighted by Gasteiger charge is 2.09. The first-order valence-corrected chi connectivity index (χ1v) is 4.86. The largest absolute Gasteiger partial charge is 0.275 e. The molecule has 66 valence electrons. The van der Waals surface area contributed by atoms with E-state index in [2.05, 4.69) is 9.97 Å². The second-order valence-electron chi connectivity index (χ2n) is 2.27. The van der Waals surface area contributed by atoms with E-state index in [4.69, 9.17) is 23.2 Å². The normalized spacial score (nSPS) is 10.6. The third kappa shape index (κ3) is 1.65. The SMILES string of the molecule is O=C(Cl)c1cc2ncc(Cl)nc2s1. The van der Waals surface area contributed by atoms with Crippen LogP contribution in [-0.4, -0.2) is 15.2 Å². The molecule has 2 heterocycles. The van der Waals surface area contributed by atoms with Gasteiger partial charge in [0.2, 0.25) is 0 Å². The number of halogens is 2. The van der Waals surface area contributed by atoms with Gasteiger partial charge in [0.25, 0.3) is 5.24 Å². The molecule has 0 saturated heterocycles. The Labute approximate surface area is 87.3 Å². The van der Waals surface area contributed by atoms with Crippen LogP contribution in [0.4, 0.5) is 0 Å². The Morgan fingerprint density at radius 2 is 2.31 bits per heavy atom. The van der Waals surface area contributed by atoms with Crippen molar-refractivity contribution in [2.75, 3.05) is 0 Å². The molecule has 2 rings (SSSR count). The molecule has 3 nitrogen and oxygen atoms in total. The Morgan fingerprint density at radius 3 is 3.00 bits per heavy atom. The van der Waals surface area contributed by atoms with Crippen LogP contribution in [0.2, 0.25) is 5.15 Å². The van der Waals surface area contributed by atoms with Crippen molar-refractivity contribution in [3.05, 3.63) is 22.3 Å². The van der Waals surface area contributed by atoms with E-state index >= 15 is 0 Å². The molecule has 0 saturated carbocycles. The summed E-state index contributed by atoms with van der Waals surface area (Å²) in [5.41, 5.74) is 0.637. The molecule has 0 spiro atoms. The molecular formula is C7H2Cl2N2OS. The van der Waals surface area contributed by atoms with Crippen molar-refractivity contribution in [1.82, 2.24) is 9.97 Å². The van der Waals surface area contributed by atoms with Gasteiger partial charge in [-0.05, 0) is 17.7 Å². The van der Waals surface area contributed by atoms with E-state index in [0.717, 1.165) is 0 Å². The molecule has 2 aromatic heterocycles. The monoisotopic (exact) mass is 232 g/mol. The molecule has 0 bridgehead atoms. The standard InChI is InChI=1S/C7H2Cl2N2OS/c8-5-2-10-3-1-4(6(9)12)13-7(3)11-5/h1-2H. The Balaban J connectivity index is 2.68. The molecule has 13 heavy (non-hydrogen) atoms. The number of nitrogens with zero attached hydrogens (tertiary/aromatic N) is 2. The Hall–Kier alpha value is -0.710. The molecule has 0 amide bonds. The van der Waals surface area contributed by atoms with E-state index in [1.54, 1.807) is 6.07 Å². The molecule has 2 aromatic rings. The summed E-state index contributed by atoms with van der Waals surface area (Å²) in [6.45, 7) is 0. The zero-order chi connectivity index (χ0) is 9.42. The number of fused-ring (bicyclic) bond motifs is 1. The Morgan fingerprint density at radius 1 is 1.54 bits per heavy atom. The van der Waals surface area contributed by atoms with Gasteiger partial charge in [-0.25, -0.2) is 4.98 Å². The second kappa shape index (κ2) is 3.21. The number of carbonyl (C=O) groups excluding carboxylic acids is 1. The number of carbonyl (C=O) groups is 1. The van der Waals surface area contributed by atoms with Gasteiger partial charge in [-0.15, -0.1) is 11.3 Å². The molecule has 0 unspecified atom stereocenters. The van der Waals surface area contributed by atoms with E-state index < -0.39 is 5.24 Å². The fourth-order valence-corrected chi connectivity index (χ4v) is 2.06. The molecule has 0 aliphatic carbocycles. The Kier molecular flexibility index (Phi) is 2.19. The van der Waals surface area contributed by atoms with Gasteiger partial charge in [-0.2, -0.15) is 0 Å². The molecule has 0 N–H and O–H groups in total. The zero-order valence-corrected chi connectivity index (χ0v) is 8.45. The van der Waals surface area contributed by atoms with E-state index in [0.29, 0.717) is 20.4 Å². The average molecular weight is 233 g/mol. The maximum absolute atomic E-state index is 10.8. The van der Waals surface area contributed by atoms with Gasteiger partial charge in [-0.1, -0.05) is 11.6 Å². The molecule has 0 fully saturated rings. The van der Waals surface area contributed by atoms with Crippen LogP contribution in [0.1, 0.15) is 9.67 Å². The van der Waals surface area contributed by atoms with Crippen molar-refractivity contribution < 1.29 is 4.79 Å². The average Bonchev–Trinajstić information content (AvgIpc) is 2.46. The van der Waals surface area contributed by atoms with Gasteiger partial charge in [0.05, 0.1) is 11.1 Å². The third-order valence-electron chi connectivity index (χ3n) is 1.41. The first-order valence-electron chi connectivity index (χ1n) is 3.29. The number of rotatable bonds is 1. The van der Waals surface area contributed by atoms with Crippen LogP contribution < -0.4 is 0 Å². The highest BCUT2D eigenvalue weighted by molar-refractivity contribution is 7.21. The first-order chi connectivity index (χ1) is 6.16. The molecule has 0 aliphatic heterocycles. The minimum absolute atomic E-state index is 0.308. The predicted molar refractivity (Wildman–Crippen MR) is 52.6 cm³/mol. The van der Waals surface area contributed by atoms with Crippen LogP contribution in [0.15, 0.2) is 12.3 Å². The minimum atomic E-state index is -0.499.